The normalized spacial score (nSPS) is 16.0. The largest absolute Gasteiger partial charge is 0.465 e. The smallest absolute Gasteiger partial charge is 0.344 e. The first-order valence-electron chi connectivity index (χ1n) is 6.67. The number of carbonyl (C=O) groups excluding carboxylic acids is 2. The van der Waals surface area contributed by atoms with Crippen LogP contribution in [0, 0.1) is 5.82 Å². The molecule has 1 aliphatic rings. The third-order valence-corrected chi connectivity index (χ3v) is 4.36. The number of anilines is 1. The van der Waals surface area contributed by atoms with Crippen molar-refractivity contribution in [1.82, 2.24) is 4.31 Å². The molecule has 10 heteroatoms. The van der Waals surface area contributed by atoms with Crippen molar-refractivity contribution in [2.24, 2.45) is 4.40 Å². The minimum absolute atomic E-state index is 0.0383. The van der Waals surface area contributed by atoms with Gasteiger partial charge in [-0.3, -0.25) is 4.79 Å². The van der Waals surface area contributed by atoms with Crippen molar-refractivity contribution < 1.29 is 27.1 Å². The third kappa shape index (κ3) is 3.96. The number of hydrogen-bond acceptors (Lipinski definition) is 5. The molecule has 1 aliphatic heterocycles. The van der Waals surface area contributed by atoms with Crippen LogP contribution in [0.1, 0.15) is 6.92 Å². The van der Waals surface area contributed by atoms with Crippen LogP contribution in [0.4, 0.5) is 10.1 Å². The molecule has 0 aliphatic carbocycles. The Balaban J connectivity index is 2.19. The molecule has 0 aromatic heterocycles. The molecule has 1 N–H and O–H groups in total. The zero-order valence-electron chi connectivity index (χ0n) is 12.8. The van der Waals surface area contributed by atoms with Crippen molar-refractivity contribution in [2.75, 3.05) is 19.0 Å². The summed E-state index contributed by atoms with van der Waals surface area (Å²) in [4.78, 5) is 23.6. The quantitative estimate of drug-likeness (QED) is 0.806. The maximum absolute atomic E-state index is 13.1. The molecule has 0 bridgehead atoms. The highest BCUT2D eigenvalue weighted by molar-refractivity contribution is 7.88. The maximum Gasteiger partial charge on any atom is 0.344 e. The van der Waals surface area contributed by atoms with Crippen LogP contribution in [0.5, 0.6) is 0 Å². The number of methoxy groups -OCH3 is 1. The number of nitrogens with one attached hydrogen (secondary N) is 1. The van der Waals surface area contributed by atoms with Crippen LogP contribution in [0.15, 0.2) is 40.4 Å². The number of amides is 1. The van der Waals surface area contributed by atoms with Crippen molar-refractivity contribution in [2.45, 2.75) is 6.92 Å². The van der Waals surface area contributed by atoms with E-state index in [0.717, 1.165) is 19.4 Å². The molecule has 0 fully saturated rings. The molecule has 0 unspecified atom stereocenters. The fourth-order valence-electron chi connectivity index (χ4n) is 1.92. The van der Waals surface area contributed by atoms with Crippen LogP contribution >= 0.6 is 0 Å². The van der Waals surface area contributed by atoms with Gasteiger partial charge in [-0.25, -0.2) is 13.5 Å². The van der Waals surface area contributed by atoms with Gasteiger partial charge in [0.05, 0.1) is 18.4 Å². The zero-order valence-corrected chi connectivity index (χ0v) is 13.6. The Morgan fingerprint density at radius 1 is 1.38 bits per heavy atom. The Kier molecular flexibility index (Phi) is 4.98. The molecule has 0 radical (unpaired) electrons. The number of esters is 1. The maximum atomic E-state index is 13.1. The second kappa shape index (κ2) is 6.79. The molecular weight excluding hydrogens is 341 g/mol. The molecule has 1 aromatic carbocycles. The average Bonchev–Trinajstić information content (AvgIpc) is 2.48. The van der Waals surface area contributed by atoms with E-state index in [1.807, 2.05) is 0 Å². The van der Waals surface area contributed by atoms with Crippen LogP contribution in [-0.2, 0) is 24.5 Å². The molecule has 0 spiro atoms. The lowest BCUT2D eigenvalue weighted by molar-refractivity contribution is -0.135. The van der Waals surface area contributed by atoms with Gasteiger partial charge in [-0.15, -0.1) is 4.40 Å². The second-order valence-electron chi connectivity index (χ2n) is 4.79. The lowest BCUT2D eigenvalue weighted by Gasteiger charge is -2.22. The summed E-state index contributed by atoms with van der Waals surface area (Å²) in [5, 5.41) is 2.36. The zero-order chi connectivity index (χ0) is 17.9. The van der Waals surface area contributed by atoms with Crippen molar-refractivity contribution in [1.29, 1.82) is 0 Å². The first kappa shape index (κ1) is 17.6. The van der Waals surface area contributed by atoms with Crippen LogP contribution < -0.4 is 5.32 Å². The highest BCUT2D eigenvalue weighted by Crippen LogP contribution is 2.17. The Labute approximate surface area is 137 Å². The number of ether oxygens (including phenoxy) is 1. The van der Waals surface area contributed by atoms with E-state index in [1.54, 1.807) is 0 Å². The second-order valence-corrected chi connectivity index (χ2v) is 6.34. The minimum atomic E-state index is -4.14. The standard InChI is InChI=1S/C14H14FN3O5S/c1-9-12(14(20)23-2)7-18(24(21,22)17-9)8-13(19)16-11-5-3-4-10(15)6-11/h3-7H,8H2,1-2H3,(H,16,19). The predicted octanol–water partition coefficient (Wildman–Crippen LogP) is 0.842. The first-order chi connectivity index (χ1) is 11.2. The van der Waals surface area contributed by atoms with Crippen LogP contribution in [0.2, 0.25) is 0 Å². The van der Waals surface area contributed by atoms with Gasteiger partial charge in [0.15, 0.2) is 0 Å². The molecule has 1 aromatic rings. The fraction of sp³-hybridized carbons (Fsp3) is 0.214. The van der Waals surface area contributed by atoms with Crippen LogP contribution in [-0.4, -0.2) is 44.0 Å². The predicted molar refractivity (Wildman–Crippen MR) is 83.9 cm³/mol. The number of halogens is 1. The molecule has 8 nitrogen and oxygen atoms in total. The summed E-state index contributed by atoms with van der Waals surface area (Å²) in [5.41, 5.74) is 0.0563. The molecular formula is C14H14FN3O5S. The number of nitrogens with zero attached hydrogens (tertiary/aromatic N) is 2. The molecule has 0 saturated carbocycles. The summed E-state index contributed by atoms with van der Waals surface area (Å²) in [6.07, 6.45) is 0.981. The topological polar surface area (TPSA) is 105 Å². The molecule has 2 rings (SSSR count). The van der Waals surface area contributed by atoms with Gasteiger partial charge in [0.1, 0.15) is 12.4 Å². The molecule has 0 atom stereocenters. The summed E-state index contributed by atoms with van der Waals surface area (Å²) in [7, 11) is -3.00. The van der Waals surface area contributed by atoms with E-state index in [-0.39, 0.29) is 17.0 Å². The van der Waals surface area contributed by atoms with Gasteiger partial charge in [0, 0.05) is 11.9 Å². The van der Waals surface area contributed by atoms with Gasteiger partial charge >= 0.3 is 16.2 Å². The Bertz CT molecular complexity index is 848. The summed E-state index contributed by atoms with van der Waals surface area (Å²) < 4.78 is 45.6. The van der Waals surface area contributed by atoms with Crippen molar-refractivity contribution >= 4 is 33.5 Å². The summed E-state index contributed by atoms with van der Waals surface area (Å²) in [6.45, 7) is 0.709. The lowest BCUT2D eigenvalue weighted by atomic mass is 10.2. The van der Waals surface area contributed by atoms with Crippen molar-refractivity contribution in [3.05, 3.63) is 41.9 Å². The monoisotopic (exact) mass is 355 g/mol. The highest BCUT2D eigenvalue weighted by atomic mass is 32.2. The molecule has 0 saturated heterocycles. The minimum Gasteiger partial charge on any atom is -0.465 e. The van der Waals surface area contributed by atoms with E-state index in [9.17, 15) is 22.4 Å². The van der Waals surface area contributed by atoms with Crippen LogP contribution in [0.25, 0.3) is 0 Å². The Morgan fingerprint density at radius 3 is 2.71 bits per heavy atom. The summed E-state index contributed by atoms with van der Waals surface area (Å²) >= 11 is 0. The molecule has 1 amide bonds. The Hall–Kier alpha value is -2.75. The molecule has 128 valence electrons. The average molecular weight is 355 g/mol. The lowest BCUT2D eigenvalue weighted by Crippen LogP contribution is -2.37. The highest BCUT2D eigenvalue weighted by Gasteiger charge is 2.29. The molecule has 1 heterocycles. The number of rotatable bonds is 4. The SMILES string of the molecule is COC(=O)C1=CN(CC(=O)Nc2cccc(F)c2)S(=O)(=O)N=C1C. The van der Waals surface area contributed by atoms with Gasteiger partial charge in [0.25, 0.3) is 0 Å². The van der Waals surface area contributed by atoms with E-state index in [1.165, 1.54) is 25.1 Å². The van der Waals surface area contributed by atoms with Crippen molar-refractivity contribution in [3.8, 4) is 0 Å². The number of hydrogen-bond donors (Lipinski definition) is 1. The van der Waals surface area contributed by atoms with E-state index < -0.39 is 34.4 Å². The number of benzene rings is 1. The van der Waals surface area contributed by atoms with E-state index >= 15 is 0 Å². The van der Waals surface area contributed by atoms with Gasteiger partial charge in [0.2, 0.25) is 5.91 Å². The van der Waals surface area contributed by atoms with Crippen LogP contribution in [0.3, 0.4) is 0 Å². The van der Waals surface area contributed by atoms with Gasteiger partial charge in [-0.1, -0.05) is 6.07 Å². The van der Waals surface area contributed by atoms with E-state index in [0.29, 0.717) is 4.31 Å². The fourth-order valence-corrected chi connectivity index (χ4v) is 2.99. The summed E-state index contributed by atoms with van der Waals surface area (Å²) in [5.74, 6) is -2.05. The first-order valence-corrected chi connectivity index (χ1v) is 8.07. The third-order valence-electron chi connectivity index (χ3n) is 3.02. The van der Waals surface area contributed by atoms with E-state index in [4.69, 9.17) is 0 Å². The van der Waals surface area contributed by atoms with Gasteiger partial charge in [-0.05, 0) is 25.1 Å². The Morgan fingerprint density at radius 2 is 2.08 bits per heavy atom. The van der Waals surface area contributed by atoms with Crippen molar-refractivity contribution in [3.63, 3.8) is 0 Å². The van der Waals surface area contributed by atoms with E-state index in [2.05, 4.69) is 14.5 Å². The van der Waals surface area contributed by atoms with Gasteiger partial charge < -0.3 is 10.1 Å². The number of carbonyl (C=O) groups is 2. The van der Waals surface area contributed by atoms with Gasteiger partial charge in [-0.2, -0.15) is 8.42 Å². The summed E-state index contributed by atoms with van der Waals surface area (Å²) in [6, 6.07) is 5.13. The molecule has 24 heavy (non-hydrogen) atoms.